The van der Waals surface area contributed by atoms with Crippen molar-refractivity contribution >= 4 is 5.95 Å². The van der Waals surface area contributed by atoms with E-state index in [0.717, 1.165) is 22.5 Å². The van der Waals surface area contributed by atoms with Crippen molar-refractivity contribution in [3.63, 3.8) is 0 Å². The Morgan fingerprint density at radius 2 is 1.78 bits per heavy atom. The minimum Gasteiger partial charge on any atom is -0.329 e. The Balaban J connectivity index is 1.40. The quantitative estimate of drug-likeness (QED) is 0.559. The molecule has 0 radical (unpaired) electrons. The van der Waals surface area contributed by atoms with Gasteiger partial charge in [-0.3, -0.25) is 4.68 Å². The van der Waals surface area contributed by atoms with Gasteiger partial charge in [0.25, 0.3) is 5.95 Å². The van der Waals surface area contributed by atoms with Crippen molar-refractivity contribution in [3.8, 4) is 5.69 Å². The summed E-state index contributed by atoms with van der Waals surface area (Å²) in [5.74, 6) is 0.467. The number of anilines is 1. The van der Waals surface area contributed by atoms with Crippen LogP contribution in [0.15, 0.2) is 60.8 Å². The van der Waals surface area contributed by atoms with Crippen molar-refractivity contribution in [2.24, 2.45) is 0 Å². The molecule has 7 nitrogen and oxygen atoms in total. The highest BCUT2D eigenvalue weighted by molar-refractivity contribution is 5.45. The summed E-state index contributed by atoms with van der Waals surface area (Å²) in [4.78, 5) is 2.13. The third-order valence-corrected chi connectivity index (χ3v) is 4.72. The number of benzene rings is 2. The summed E-state index contributed by atoms with van der Waals surface area (Å²) in [5, 5.41) is 16.7. The van der Waals surface area contributed by atoms with Crippen molar-refractivity contribution in [3.05, 3.63) is 83.4 Å². The fraction of sp³-hybridized carbons (Fsp3) is 0.158. The summed E-state index contributed by atoms with van der Waals surface area (Å²) in [6.45, 7) is 1.97. The Labute approximate surface area is 154 Å². The predicted molar refractivity (Wildman–Crippen MR) is 96.8 cm³/mol. The van der Waals surface area contributed by atoms with E-state index in [9.17, 15) is 4.39 Å². The predicted octanol–water partition coefficient (Wildman–Crippen LogP) is 2.57. The van der Waals surface area contributed by atoms with Gasteiger partial charge >= 0.3 is 0 Å². The van der Waals surface area contributed by atoms with Crippen LogP contribution < -0.4 is 4.90 Å². The largest absolute Gasteiger partial charge is 0.329 e. The number of tetrazole rings is 1. The average molecular weight is 361 g/mol. The Hall–Kier alpha value is -3.55. The van der Waals surface area contributed by atoms with E-state index in [2.05, 4.69) is 25.5 Å². The van der Waals surface area contributed by atoms with Crippen LogP contribution in [0.1, 0.15) is 16.8 Å². The number of para-hydroxylation sites is 1. The number of hydrogen-bond acceptors (Lipinski definition) is 5. The normalized spacial score (nSPS) is 13.1. The molecule has 3 heterocycles. The van der Waals surface area contributed by atoms with Crippen molar-refractivity contribution in [2.75, 3.05) is 4.90 Å². The minimum absolute atomic E-state index is 0.233. The second kappa shape index (κ2) is 6.31. The molecule has 0 saturated carbocycles. The van der Waals surface area contributed by atoms with Crippen molar-refractivity contribution in [2.45, 2.75) is 19.6 Å². The zero-order valence-corrected chi connectivity index (χ0v) is 14.4. The molecule has 0 bridgehead atoms. The minimum atomic E-state index is -0.233. The molecular weight excluding hydrogens is 345 g/mol. The van der Waals surface area contributed by atoms with Crippen LogP contribution in [0.25, 0.3) is 5.69 Å². The van der Waals surface area contributed by atoms with E-state index in [1.165, 1.54) is 12.1 Å². The maximum Gasteiger partial charge on any atom is 0.251 e. The van der Waals surface area contributed by atoms with E-state index < -0.39 is 0 Å². The summed E-state index contributed by atoms with van der Waals surface area (Å²) in [6, 6.07) is 16.3. The van der Waals surface area contributed by atoms with Gasteiger partial charge in [-0.2, -0.15) is 9.78 Å². The Bertz CT molecular complexity index is 1070. The molecule has 0 saturated heterocycles. The van der Waals surface area contributed by atoms with Gasteiger partial charge in [0.05, 0.1) is 30.7 Å². The molecule has 27 heavy (non-hydrogen) atoms. The molecule has 0 atom stereocenters. The number of halogens is 1. The van der Waals surface area contributed by atoms with Gasteiger partial charge in [-0.1, -0.05) is 35.4 Å². The van der Waals surface area contributed by atoms with Crippen LogP contribution in [0.3, 0.4) is 0 Å². The summed E-state index contributed by atoms with van der Waals surface area (Å²) in [5.41, 5.74) is 4.21. The maximum absolute atomic E-state index is 13.1. The standard InChI is InChI=1S/C19H16FN7/c20-16-8-6-14(7-9-16)11-26-18-13-25(12-15(18)10-21-26)19-22-23-24-27(19)17-4-2-1-3-5-17/h1-10H,11-13H2. The maximum atomic E-state index is 13.1. The molecule has 4 aromatic rings. The zero-order chi connectivity index (χ0) is 18.2. The lowest BCUT2D eigenvalue weighted by Gasteiger charge is -2.16. The van der Waals surface area contributed by atoms with Crippen LogP contribution in [0.4, 0.5) is 10.3 Å². The topological polar surface area (TPSA) is 64.7 Å². The van der Waals surface area contributed by atoms with Crippen LogP contribution in [-0.2, 0) is 19.6 Å². The molecule has 0 aliphatic carbocycles. The summed E-state index contributed by atoms with van der Waals surface area (Å²) >= 11 is 0. The van der Waals surface area contributed by atoms with Crippen LogP contribution in [0, 0.1) is 5.82 Å². The van der Waals surface area contributed by atoms with Gasteiger partial charge in [0.2, 0.25) is 0 Å². The van der Waals surface area contributed by atoms with Gasteiger partial charge in [0.1, 0.15) is 5.82 Å². The fourth-order valence-electron chi connectivity index (χ4n) is 3.36. The molecule has 0 N–H and O–H groups in total. The van der Waals surface area contributed by atoms with Crippen LogP contribution in [0.2, 0.25) is 0 Å². The van der Waals surface area contributed by atoms with E-state index in [-0.39, 0.29) is 5.82 Å². The Morgan fingerprint density at radius 1 is 0.963 bits per heavy atom. The number of hydrogen-bond donors (Lipinski definition) is 0. The second-order valence-electron chi connectivity index (χ2n) is 6.48. The molecular formula is C19H16FN7. The summed E-state index contributed by atoms with van der Waals surface area (Å²) < 4.78 is 16.8. The summed E-state index contributed by atoms with van der Waals surface area (Å²) in [6.07, 6.45) is 1.88. The first-order valence-corrected chi connectivity index (χ1v) is 8.65. The lowest BCUT2D eigenvalue weighted by molar-refractivity contribution is 0.619. The van der Waals surface area contributed by atoms with Gasteiger partial charge < -0.3 is 4.90 Å². The molecule has 2 aromatic carbocycles. The third kappa shape index (κ3) is 2.84. The van der Waals surface area contributed by atoms with E-state index >= 15 is 0 Å². The van der Waals surface area contributed by atoms with E-state index in [4.69, 9.17) is 0 Å². The molecule has 1 aliphatic heterocycles. The highest BCUT2D eigenvalue weighted by atomic mass is 19.1. The lowest BCUT2D eigenvalue weighted by atomic mass is 10.2. The van der Waals surface area contributed by atoms with Gasteiger partial charge in [-0.05, 0) is 40.3 Å². The Morgan fingerprint density at radius 3 is 2.59 bits per heavy atom. The third-order valence-electron chi connectivity index (χ3n) is 4.72. The molecule has 134 valence electrons. The lowest BCUT2D eigenvalue weighted by Crippen LogP contribution is -2.21. The van der Waals surface area contributed by atoms with Gasteiger partial charge in [-0.25, -0.2) is 4.39 Å². The van der Waals surface area contributed by atoms with Crippen molar-refractivity contribution < 1.29 is 4.39 Å². The highest BCUT2D eigenvalue weighted by Crippen LogP contribution is 2.28. The molecule has 0 unspecified atom stereocenters. The molecule has 5 rings (SSSR count). The molecule has 2 aromatic heterocycles. The van der Waals surface area contributed by atoms with E-state index in [1.54, 1.807) is 16.8 Å². The highest BCUT2D eigenvalue weighted by Gasteiger charge is 2.27. The molecule has 1 aliphatic rings. The average Bonchev–Trinajstić information content (AvgIpc) is 3.41. The van der Waals surface area contributed by atoms with Crippen molar-refractivity contribution in [1.82, 2.24) is 30.0 Å². The zero-order valence-electron chi connectivity index (χ0n) is 14.4. The first kappa shape index (κ1) is 15.7. The monoisotopic (exact) mass is 361 g/mol. The van der Waals surface area contributed by atoms with Crippen LogP contribution in [0.5, 0.6) is 0 Å². The number of fused-ring (bicyclic) bond motifs is 1. The Kier molecular flexibility index (Phi) is 3.67. The molecule has 0 fully saturated rings. The van der Waals surface area contributed by atoms with E-state index in [0.29, 0.717) is 25.6 Å². The SMILES string of the molecule is Fc1ccc(Cn2ncc3c2CN(c2nnnn2-c2ccccc2)C3)cc1. The second-order valence-corrected chi connectivity index (χ2v) is 6.48. The van der Waals surface area contributed by atoms with Crippen molar-refractivity contribution in [1.29, 1.82) is 0 Å². The van der Waals surface area contributed by atoms with E-state index in [1.807, 2.05) is 41.2 Å². The number of rotatable bonds is 4. The molecule has 0 spiro atoms. The van der Waals surface area contributed by atoms with Gasteiger partial charge in [0, 0.05) is 12.1 Å². The molecule has 8 heteroatoms. The first-order valence-electron chi connectivity index (χ1n) is 8.65. The smallest absolute Gasteiger partial charge is 0.251 e. The first-order chi connectivity index (χ1) is 13.3. The number of aromatic nitrogens is 6. The van der Waals surface area contributed by atoms with Gasteiger partial charge in [-0.15, -0.1) is 0 Å². The summed E-state index contributed by atoms with van der Waals surface area (Å²) in [7, 11) is 0. The molecule has 0 amide bonds. The fourth-order valence-corrected chi connectivity index (χ4v) is 3.36. The van der Waals surface area contributed by atoms with Gasteiger partial charge in [0.15, 0.2) is 0 Å². The van der Waals surface area contributed by atoms with Crippen LogP contribution in [-0.4, -0.2) is 30.0 Å². The number of nitrogens with zero attached hydrogens (tertiary/aromatic N) is 7. The van der Waals surface area contributed by atoms with Crippen LogP contribution >= 0.6 is 0 Å².